The Morgan fingerprint density at radius 1 is 0.767 bits per heavy atom. The Labute approximate surface area is 180 Å². The first-order chi connectivity index (χ1) is 14.5. The van der Waals surface area contributed by atoms with Crippen LogP contribution in [-0.2, 0) is 6.42 Å². The maximum absolute atomic E-state index is 14.1. The van der Waals surface area contributed by atoms with E-state index in [1.54, 1.807) is 19.1 Å². The first-order valence-corrected chi connectivity index (χ1v) is 11.7. The van der Waals surface area contributed by atoms with Crippen LogP contribution in [0, 0.1) is 30.4 Å². The van der Waals surface area contributed by atoms with Gasteiger partial charge in [0.2, 0.25) is 0 Å². The van der Waals surface area contributed by atoms with Crippen LogP contribution in [0.15, 0.2) is 48.6 Å². The summed E-state index contributed by atoms with van der Waals surface area (Å²) in [6, 6.07) is 12.8. The average molecular weight is 409 g/mol. The molecule has 0 N–H and O–H groups in total. The molecule has 2 aromatic carbocycles. The van der Waals surface area contributed by atoms with E-state index in [2.05, 4.69) is 43.3 Å². The van der Waals surface area contributed by atoms with Crippen molar-refractivity contribution in [3.05, 3.63) is 82.4 Å². The SMILES string of the molecule is Cc1ccc(CCC2C=CC(c3ccc(C4CCC(C)CC4)cc3)CC2)c(F)c1F. The number of halogens is 2. The van der Waals surface area contributed by atoms with Gasteiger partial charge in [-0.1, -0.05) is 68.3 Å². The molecule has 0 nitrogen and oxygen atoms in total. The number of aryl methyl sites for hydroxylation is 2. The van der Waals surface area contributed by atoms with E-state index in [1.165, 1.54) is 36.8 Å². The second-order valence-electron chi connectivity index (χ2n) is 9.66. The summed E-state index contributed by atoms with van der Waals surface area (Å²) in [5.74, 6) is 1.21. The topological polar surface area (TPSA) is 0 Å². The highest BCUT2D eigenvalue weighted by atomic mass is 19.2. The summed E-state index contributed by atoms with van der Waals surface area (Å²) in [5.41, 5.74) is 3.79. The molecule has 0 spiro atoms. The van der Waals surface area contributed by atoms with E-state index in [-0.39, 0.29) is 0 Å². The van der Waals surface area contributed by atoms with Crippen molar-refractivity contribution >= 4 is 0 Å². The minimum absolute atomic E-state index is 0.376. The van der Waals surface area contributed by atoms with Gasteiger partial charge in [-0.2, -0.15) is 0 Å². The van der Waals surface area contributed by atoms with Crippen molar-refractivity contribution in [3.63, 3.8) is 0 Å². The molecule has 2 atom stereocenters. The Hall–Kier alpha value is -1.96. The quantitative estimate of drug-likeness (QED) is 0.437. The highest BCUT2D eigenvalue weighted by Crippen LogP contribution is 2.37. The fourth-order valence-corrected chi connectivity index (χ4v) is 5.22. The van der Waals surface area contributed by atoms with Crippen LogP contribution in [0.5, 0.6) is 0 Å². The first kappa shape index (κ1) is 21.3. The van der Waals surface area contributed by atoms with Crippen molar-refractivity contribution in [2.24, 2.45) is 11.8 Å². The van der Waals surface area contributed by atoms with Crippen molar-refractivity contribution in [1.82, 2.24) is 0 Å². The molecule has 0 heterocycles. The monoisotopic (exact) mass is 408 g/mol. The average Bonchev–Trinajstić information content (AvgIpc) is 2.78. The molecule has 2 unspecified atom stereocenters. The van der Waals surface area contributed by atoms with Crippen LogP contribution in [-0.4, -0.2) is 0 Å². The maximum Gasteiger partial charge on any atom is 0.162 e. The standard InChI is InChI=1S/C28H34F2/c1-19-3-9-22(10-4-19)24-15-17-25(18-16-24)23-12-6-21(7-13-23)8-14-26-11-5-20(2)27(29)28(26)30/h5-6,11-12,15-19,21-23H,3-4,7-10,13-14H2,1-2H3. The lowest BCUT2D eigenvalue weighted by molar-refractivity contribution is 0.348. The van der Waals surface area contributed by atoms with Crippen LogP contribution in [0.4, 0.5) is 8.78 Å². The lowest BCUT2D eigenvalue weighted by Crippen LogP contribution is -2.11. The zero-order chi connectivity index (χ0) is 21.1. The lowest BCUT2D eigenvalue weighted by Gasteiger charge is -2.27. The van der Waals surface area contributed by atoms with E-state index in [1.807, 2.05) is 0 Å². The van der Waals surface area contributed by atoms with Crippen LogP contribution in [0.25, 0.3) is 0 Å². The van der Waals surface area contributed by atoms with Crippen molar-refractivity contribution < 1.29 is 8.78 Å². The van der Waals surface area contributed by atoms with E-state index in [4.69, 9.17) is 0 Å². The summed E-state index contributed by atoms with van der Waals surface area (Å²) < 4.78 is 27.9. The van der Waals surface area contributed by atoms with Crippen LogP contribution in [0.3, 0.4) is 0 Å². The summed E-state index contributed by atoms with van der Waals surface area (Å²) in [5, 5.41) is 0. The smallest absolute Gasteiger partial charge is 0.162 e. The van der Waals surface area contributed by atoms with Gasteiger partial charge in [-0.05, 0) is 85.5 Å². The molecule has 160 valence electrons. The lowest BCUT2D eigenvalue weighted by atomic mass is 9.78. The number of hydrogen-bond donors (Lipinski definition) is 0. The normalized spacial score (nSPS) is 26.7. The molecule has 0 bridgehead atoms. The molecule has 30 heavy (non-hydrogen) atoms. The van der Waals surface area contributed by atoms with Crippen molar-refractivity contribution in [3.8, 4) is 0 Å². The van der Waals surface area contributed by atoms with Crippen LogP contribution < -0.4 is 0 Å². The van der Waals surface area contributed by atoms with E-state index in [9.17, 15) is 8.78 Å². The molecule has 2 aromatic rings. The molecule has 0 saturated heterocycles. The second-order valence-corrected chi connectivity index (χ2v) is 9.66. The van der Waals surface area contributed by atoms with Gasteiger partial charge in [0.25, 0.3) is 0 Å². The van der Waals surface area contributed by atoms with Gasteiger partial charge in [0.15, 0.2) is 11.6 Å². The van der Waals surface area contributed by atoms with Gasteiger partial charge >= 0.3 is 0 Å². The summed E-state index contributed by atoms with van der Waals surface area (Å²) >= 11 is 0. The Kier molecular flexibility index (Phi) is 6.71. The zero-order valence-electron chi connectivity index (χ0n) is 18.3. The summed E-state index contributed by atoms with van der Waals surface area (Å²) in [7, 11) is 0. The predicted molar refractivity (Wildman–Crippen MR) is 121 cm³/mol. The minimum atomic E-state index is -0.696. The Morgan fingerprint density at radius 3 is 2.13 bits per heavy atom. The molecular weight excluding hydrogens is 374 g/mol. The zero-order valence-corrected chi connectivity index (χ0v) is 18.3. The van der Waals surface area contributed by atoms with Crippen LogP contribution in [0.2, 0.25) is 0 Å². The maximum atomic E-state index is 14.1. The largest absolute Gasteiger partial charge is 0.203 e. The first-order valence-electron chi connectivity index (χ1n) is 11.7. The third-order valence-electron chi connectivity index (χ3n) is 7.46. The molecule has 2 aliphatic carbocycles. The molecule has 2 aliphatic rings. The van der Waals surface area contributed by atoms with Gasteiger partial charge in [-0.15, -0.1) is 0 Å². The van der Waals surface area contributed by atoms with E-state index in [0.717, 1.165) is 31.1 Å². The van der Waals surface area contributed by atoms with Gasteiger partial charge in [-0.25, -0.2) is 8.78 Å². The third kappa shape index (κ3) is 4.85. The highest BCUT2D eigenvalue weighted by Gasteiger charge is 2.21. The van der Waals surface area contributed by atoms with Crippen molar-refractivity contribution in [2.45, 2.75) is 77.0 Å². The molecule has 1 saturated carbocycles. The van der Waals surface area contributed by atoms with E-state index >= 15 is 0 Å². The minimum Gasteiger partial charge on any atom is -0.203 e. The molecule has 0 aliphatic heterocycles. The van der Waals surface area contributed by atoms with Crippen molar-refractivity contribution in [1.29, 1.82) is 0 Å². The molecule has 2 heteroatoms. The van der Waals surface area contributed by atoms with Crippen molar-refractivity contribution in [2.75, 3.05) is 0 Å². The van der Waals surface area contributed by atoms with E-state index in [0.29, 0.717) is 29.4 Å². The Morgan fingerprint density at radius 2 is 1.47 bits per heavy atom. The highest BCUT2D eigenvalue weighted by molar-refractivity contribution is 5.31. The number of rotatable bonds is 5. The molecular formula is C28H34F2. The van der Waals surface area contributed by atoms with E-state index < -0.39 is 11.6 Å². The second kappa shape index (κ2) is 9.45. The fourth-order valence-electron chi connectivity index (χ4n) is 5.22. The molecule has 0 aromatic heterocycles. The molecule has 1 fully saturated rings. The molecule has 4 rings (SSSR count). The Balaban J connectivity index is 1.32. The number of allylic oxidation sites excluding steroid dienone is 2. The van der Waals surface area contributed by atoms with Gasteiger partial charge in [0, 0.05) is 5.92 Å². The summed E-state index contributed by atoms with van der Waals surface area (Å²) in [4.78, 5) is 0. The number of benzene rings is 2. The predicted octanol–water partition coefficient (Wildman–Crippen LogP) is 8.25. The molecule has 0 radical (unpaired) electrons. The summed E-state index contributed by atoms with van der Waals surface area (Å²) in [6.07, 6.45) is 13.7. The van der Waals surface area contributed by atoms with Crippen LogP contribution in [0.1, 0.15) is 86.0 Å². The van der Waals surface area contributed by atoms with Gasteiger partial charge in [0.05, 0.1) is 0 Å². The van der Waals surface area contributed by atoms with Gasteiger partial charge < -0.3 is 0 Å². The summed E-state index contributed by atoms with van der Waals surface area (Å²) in [6.45, 7) is 3.98. The van der Waals surface area contributed by atoms with Crippen LogP contribution >= 0.6 is 0 Å². The van der Waals surface area contributed by atoms with Gasteiger partial charge in [0.1, 0.15) is 0 Å². The third-order valence-corrected chi connectivity index (χ3v) is 7.46. The Bertz CT molecular complexity index is 872. The van der Waals surface area contributed by atoms with Gasteiger partial charge in [-0.3, -0.25) is 0 Å². The molecule has 0 amide bonds. The number of hydrogen-bond acceptors (Lipinski definition) is 0. The fraction of sp³-hybridized carbons (Fsp3) is 0.500.